The Balaban J connectivity index is 2.09. The van der Waals surface area contributed by atoms with Crippen molar-refractivity contribution in [1.82, 2.24) is 4.90 Å². The largest absolute Gasteiger partial charge is 0.447 e. The van der Waals surface area contributed by atoms with Gasteiger partial charge in [0, 0.05) is 16.3 Å². The van der Waals surface area contributed by atoms with Crippen molar-refractivity contribution >= 4 is 34.4 Å². The van der Waals surface area contributed by atoms with Crippen LogP contribution < -0.4 is 5.73 Å². The van der Waals surface area contributed by atoms with Crippen LogP contribution in [0, 0.1) is 3.57 Å². The highest BCUT2D eigenvalue weighted by molar-refractivity contribution is 14.1. The van der Waals surface area contributed by atoms with Crippen molar-refractivity contribution in [3.63, 3.8) is 0 Å². The molecular weight excluding hydrogens is 319 g/mol. The second-order valence-corrected chi connectivity index (χ2v) is 5.06. The maximum Gasteiger partial charge on any atom is 0.409 e. The Morgan fingerprint density at radius 3 is 2.94 bits per heavy atom. The number of likely N-dealkylation sites (N-methyl/N-ethyl adjacent to an activating group) is 1. The Hall–Kier alpha value is -0.980. The van der Waals surface area contributed by atoms with Crippen molar-refractivity contribution in [2.24, 2.45) is 0 Å². The van der Waals surface area contributed by atoms with Crippen molar-refractivity contribution in [3.05, 3.63) is 27.3 Å². The van der Waals surface area contributed by atoms with Crippen molar-refractivity contribution in [2.75, 3.05) is 19.4 Å². The van der Waals surface area contributed by atoms with Gasteiger partial charge in [-0.2, -0.15) is 0 Å². The van der Waals surface area contributed by atoms with Gasteiger partial charge in [-0.3, -0.25) is 0 Å². The quantitative estimate of drug-likeness (QED) is 0.664. The molecule has 5 heteroatoms. The Kier molecular flexibility index (Phi) is 3.22. The highest BCUT2D eigenvalue weighted by atomic mass is 127. The standard InChI is InChI=1S/C11H13IN2O2/c1-14-8(6-16-11(14)15)4-7-2-3-10(13)9(12)5-7/h2-3,5,8H,4,6,13H2,1H3. The van der Waals surface area contributed by atoms with Gasteiger partial charge in [0.05, 0.1) is 6.04 Å². The predicted octanol–water partition coefficient (Wildman–Crippen LogP) is 1.87. The topological polar surface area (TPSA) is 55.6 Å². The van der Waals surface area contributed by atoms with Gasteiger partial charge in [-0.15, -0.1) is 0 Å². The molecule has 0 saturated carbocycles. The van der Waals surface area contributed by atoms with E-state index in [1.165, 1.54) is 5.56 Å². The van der Waals surface area contributed by atoms with Crippen molar-refractivity contribution < 1.29 is 9.53 Å². The van der Waals surface area contributed by atoms with E-state index in [-0.39, 0.29) is 12.1 Å². The van der Waals surface area contributed by atoms with Crippen molar-refractivity contribution in [1.29, 1.82) is 0 Å². The minimum Gasteiger partial charge on any atom is -0.447 e. The molecule has 1 unspecified atom stereocenters. The molecule has 1 aliphatic heterocycles. The van der Waals surface area contributed by atoms with E-state index in [1.807, 2.05) is 18.2 Å². The fraction of sp³-hybridized carbons (Fsp3) is 0.364. The summed E-state index contributed by atoms with van der Waals surface area (Å²) in [6.45, 7) is 0.469. The number of hydrogen-bond donors (Lipinski definition) is 1. The molecule has 0 spiro atoms. The molecule has 4 nitrogen and oxygen atoms in total. The Morgan fingerprint density at radius 1 is 1.62 bits per heavy atom. The average Bonchev–Trinajstić information content (AvgIpc) is 2.55. The Labute approximate surface area is 108 Å². The SMILES string of the molecule is CN1C(=O)OCC1Cc1ccc(N)c(I)c1. The second-order valence-electron chi connectivity index (χ2n) is 3.90. The van der Waals surface area contributed by atoms with E-state index >= 15 is 0 Å². The van der Waals surface area contributed by atoms with Crippen LogP contribution in [0.15, 0.2) is 18.2 Å². The molecule has 1 aliphatic rings. The van der Waals surface area contributed by atoms with Crippen molar-refractivity contribution in [3.8, 4) is 0 Å². The first kappa shape index (κ1) is 11.5. The lowest BCUT2D eigenvalue weighted by Gasteiger charge is -2.16. The number of benzene rings is 1. The third-order valence-corrected chi connectivity index (χ3v) is 3.71. The Bertz CT molecular complexity index is 422. The van der Waals surface area contributed by atoms with Gasteiger partial charge in [0.25, 0.3) is 0 Å². The summed E-state index contributed by atoms with van der Waals surface area (Å²) in [5, 5.41) is 0. The first-order chi connectivity index (χ1) is 7.58. The van der Waals surface area contributed by atoms with Gasteiger partial charge < -0.3 is 15.4 Å². The minimum atomic E-state index is -0.241. The van der Waals surface area contributed by atoms with Gasteiger partial charge in [0.2, 0.25) is 0 Å². The van der Waals surface area contributed by atoms with Crippen LogP contribution >= 0.6 is 22.6 Å². The first-order valence-electron chi connectivity index (χ1n) is 5.01. The summed E-state index contributed by atoms with van der Waals surface area (Å²) in [6.07, 6.45) is 0.563. The van der Waals surface area contributed by atoms with Crippen LogP contribution in [-0.4, -0.2) is 30.7 Å². The fourth-order valence-corrected chi connectivity index (χ4v) is 2.28. The molecule has 0 aliphatic carbocycles. The number of carbonyl (C=O) groups excluding carboxylic acids is 1. The number of cyclic esters (lactones) is 1. The number of nitrogens with zero attached hydrogens (tertiary/aromatic N) is 1. The van der Waals surface area contributed by atoms with Gasteiger partial charge >= 0.3 is 6.09 Å². The highest BCUT2D eigenvalue weighted by Crippen LogP contribution is 2.20. The lowest BCUT2D eigenvalue weighted by Crippen LogP contribution is -2.31. The zero-order valence-corrected chi connectivity index (χ0v) is 11.1. The monoisotopic (exact) mass is 332 g/mol. The molecule has 1 aromatic carbocycles. The van der Waals surface area contributed by atoms with E-state index in [0.29, 0.717) is 6.61 Å². The third kappa shape index (κ3) is 2.23. The molecule has 16 heavy (non-hydrogen) atoms. The summed E-state index contributed by atoms with van der Waals surface area (Å²) >= 11 is 2.21. The number of ether oxygens (including phenoxy) is 1. The first-order valence-corrected chi connectivity index (χ1v) is 6.09. The lowest BCUT2D eigenvalue weighted by molar-refractivity contribution is 0.163. The minimum absolute atomic E-state index is 0.131. The van der Waals surface area contributed by atoms with E-state index in [2.05, 4.69) is 22.6 Å². The molecule has 1 heterocycles. The van der Waals surface area contributed by atoms with Gasteiger partial charge in [-0.1, -0.05) is 6.07 Å². The smallest absolute Gasteiger partial charge is 0.409 e. The molecule has 0 bridgehead atoms. The number of hydrogen-bond acceptors (Lipinski definition) is 3. The molecule has 2 N–H and O–H groups in total. The molecule has 1 fully saturated rings. The number of amides is 1. The number of carbonyl (C=O) groups is 1. The summed E-state index contributed by atoms with van der Waals surface area (Å²) in [5.74, 6) is 0. The summed E-state index contributed by atoms with van der Waals surface area (Å²) in [7, 11) is 1.77. The van der Waals surface area contributed by atoms with E-state index < -0.39 is 0 Å². The number of anilines is 1. The third-order valence-electron chi connectivity index (χ3n) is 2.77. The van der Waals surface area contributed by atoms with Crippen molar-refractivity contribution in [2.45, 2.75) is 12.5 Å². The maximum atomic E-state index is 11.2. The molecule has 1 saturated heterocycles. The summed E-state index contributed by atoms with van der Waals surface area (Å²) in [5.41, 5.74) is 7.71. The van der Waals surface area contributed by atoms with Crippen LogP contribution in [0.4, 0.5) is 10.5 Å². The predicted molar refractivity (Wildman–Crippen MR) is 70.2 cm³/mol. The molecule has 1 aromatic rings. The van der Waals surface area contributed by atoms with E-state index in [9.17, 15) is 4.79 Å². The zero-order valence-electron chi connectivity index (χ0n) is 8.94. The molecule has 2 rings (SSSR count). The lowest BCUT2D eigenvalue weighted by atomic mass is 10.1. The van der Waals surface area contributed by atoms with Crippen LogP contribution in [0.5, 0.6) is 0 Å². The average molecular weight is 332 g/mol. The summed E-state index contributed by atoms with van der Waals surface area (Å²) in [4.78, 5) is 12.8. The van der Waals surface area contributed by atoms with Crippen LogP contribution in [0.1, 0.15) is 5.56 Å². The van der Waals surface area contributed by atoms with Crippen LogP contribution in [0.3, 0.4) is 0 Å². The van der Waals surface area contributed by atoms with Gasteiger partial charge in [-0.25, -0.2) is 4.79 Å². The summed E-state index contributed by atoms with van der Waals surface area (Å²) in [6, 6.07) is 6.07. The van der Waals surface area contributed by atoms with Gasteiger partial charge in [0.15, 0.2) is 0 Å². The highest BCUT2D eigenvalue weighted by Gasteiger charge is 2.29. The number of nitrogen functional groups attached to an aromatic ring is 1. The van der Waals surface area contributed by atoms with E-state index in [4.69, 9.17) is 10.5 Å². The molecule has 1 amide bonds. The summed E-state index contributed by atoms with van der Waals surface area (Å²) < 4.78 is 6.01. The number of rotatable bonds is 2. The van der Waals surface area contributed by atoms with Gasteiger partial charge in [0.1, 0.15) is 6.61 Å². The van der Waals surface area contributed by atoms with Crippen LogP contribution in [-0.2, 0) is 11.2 Å². The fourth-order valence-electron chi connectivity index (χ4n) is 1.70. The number of halogens is 1. The second kappa shape index (κ2) is 4.48. The van der Waals surface area contributed by atoms with Crippen LogP contribution in [0.25, 0.3) is 0 Å². The molecule has 1 atom stereocenters. The van der Waals surface area contributed by atoms with E-state index in [1.54, 1.807) is 11.9 Å². The molecule has 0 radical (unpaired) electrons. The van der Waals surface area contributed by atoms with Gasteiger partial charge in [-0.05, 0) is 46.7 Å². The van der Waals surface area contributed by atoms with E-state index in [0.717, 1.165) is 15.7 Å². The van der Waals surface area contributed by atoms with Crippen LogP contribution in [0.2, 0.25) is 0 Å². The molecule has 86 valence electrons. The molecular formula is C11H13IN2O2. The molecule has 0 aromatic heterocycles. The Morgan fingerprint density at radius 2 is 2.38 bits per heavy atom. The zero-order chi connectivity index (χ0) is 11.7. The number of nitrogens with two attached hydrogens (primary N) is 1. The normalized spacial score (nSPS) is 20.0. The maximum absolute atomic E-state index is 11.2.